The van der Waals surface area contributed by atoms with Gasteiger partial charge in [0, 0.05) is 19.6 Å². The van der Waals surface area contributed by atoms with Crippen molar-refractivity contribution >= 4 is 27.3 Å². The van der Waals surface area contributed by atoms with E-state index < -0.39 is 10.0 Å². The SMILES string of the molecule is C=CC(=O)NCC1CCN(S(=O)(=O)c2ccc(-c3cnco3)s2)CC1. The van der Waals surface area contributed by atoms with E-state index in [1.165, 1.54) is 28.1 Å². The fourth-order valence-electron chi connectivity index (χ4n) is 2.73. The molecule has 7 nitrogen and oxygen atoms in total. The Labute approximate surface area is 150 Å². The van der Waals surface area contributed by atoms with Crippen LogP contribution in [0.25, 0.3) is 10.6 Å². The highest BCUT2D eigenvalue weighted by atomic mass is 32.2. The lowest BCUT2D eigenvalue weighted by atomic mass is 9.98. The van der Waals surface area contributed by atoms with Gasteiger partial charge in [-0.15, -0.1) is 11.3 Å². The number of hydrogen-bond acceptors (Lipinski definition) is 6. The van der Waals surface area contributed by atoms with Crippen LogP contribution in [0, 0.1) is 5.92 Å². The van der Waals surface area contributed by atoms with Gasteiger partial charge in [0.1, 0.15) is 4.21 Å². The minimum Gasteiger partial charge on any atom is -0.443 e. The zero-order valence-corrected chi connectivity index (χ0v) is 15.2. The van der Waals surface area contributed by atoms with Crippen LogP contribution >= 0.6 is 11.3 Å². The van der Waals surface area contributed by atoms with E-state index in [2.05, 4.69) is 16.9 Å². The second kappa shape index (κ2) is 7.51. The second-order valence-electron chi connectivity index (χ2n) is 5.78. The molecule has 1 saturated heterocycles. The fraction of sp³-hybridized carbons (Fsp3) is 0.375. The van der Waals surface area contributed by atoms with Crippen molar-refractivity contribution in [3.05, 3.63) is 37.4 Å². The molecular formula is C16H19N3O4S2. The second-order valence-corrected chi connectivity index (χ2v) is 9.03. The molecule has 1 aliphatic rings. The fourth-order valence-corrected chi connectivity index (χ4v) is 5.61. The number of aromatic nitrogens is 1. The Morgan fingerprint density at radius 2 is 2.20 bits per heavy atom. The van der Waals surface area contributed by atoms with E-state index in [-0.39, 0.29) is 11.8 Å². The van der Waals surface area contributed by atoms with Gasteiger partial charge in [-0.2, -0.15) is 4.31 Å². The molecule has 1 N–H and O–H groups in total. The molecule has 0 bridgehead atoms. The number of nitrogens with one attached hydrogen (secondary N) is 1. The summed E-state index contributed by atoms with van der Waals surface area (Å²) in [6.07, 6.45) is 5.56. The zero-order chi connectivity index (χ0) is 17.9. The molecule has 25 heavy (non-hydrogen) atoms. The Morgan fingerprint density at radius 3 is 2.84 bits per heavy atom. The molecule has 1 amide bonds. The van der Waals surface area contributed by atoms with Crippen molar-refractivity contribution in [1.29, 1.82) is 0 Å². The summed E-state index contributed by atoms with van der Waals surface area (Å²) in [7, 11) is -3.51. The molecule has 0 aromatic carbocycles. The van der Waals surface area contributed by atoms with Crippen LogP contribution in [0.2, 0.25) is 0 Å². The van der Waals surface area contributed by atoms with E-state index in [9.17, 15) is 13.2 Å². The molecule has 0 unspecified atom stereocenters. The van der Waals surface area contributed by atoms with Crippen LogP contribution in [-0.4, -0.2) is 43.2 Å². The molecule has 0 saturated carbocycles. The van der Waals surface area contributed by atoms with Gasteiger partial charge < -0.3 is 9.73 Å². The molecule has 9 heteroatoms. The van der Waals surface area contributed by atoms with Gasteiger partial charge in [-0.1, -0.05) is 6.58 Å². The Bertz CT molecular complexity index is 835. The summed E-state index contributed by atoms with van der Waals surface area (Å²) in [4.78, 5) is 15.8. The van der Waals surface area contributed by atoms with Gasteiger partial charge in [-0.3, -0.25) is 4.79 Å². The molecule has 0 spiro atoms. The van der Waals surface area contributed by atoms with Crippen molar-refractivity contribution in [2.45, 2.75) is 17.1 Å². The molecule has 134 valence electrons. The van der Waals surface area contributed by atoms with E-state index in [0.29, 0.717) is 29.6 Å². The van der Waals surface area contributed by atoms with Crippen LogP contribution in [0.1, 0.15) is 12.8 Å². The Kier molecular flexibility index (Phi) is 5.36. The third-order valence-corrected chi connectivity index (χ3v) is 7.64. The number of carbonyl (C=O) groups excluding carboxylic acids is 1. The molecule has 0 atom stereocenters. The van der Waals surface area contributed by atoms with Crippen LogP contribution in [0.5, 0.6) is 0 Å². The van der Waals surface area contributed by atoms with Crippen molar-refractivity contribution in [2.75, 3.05) is 19.6 Å². The Balaban J connectivity index is 1.62. The highest BCUT2D eigenvalue weighted by molar-refractivity contribution is 7.91. The number of carbonyl (C=O) groups is 1. The van der Waals surface area contributed by atoms with Crippen LogP contribution in [-0.2, 0) is 14.8 Å². The van der Waals surface area contributed by atoms with E-state index in [1.54, 1.807) is 18.3 Å². The van der Waals surface area contributed by atoms with Gasteiger partial charge in [-0.05, 0) is 37.0 Å². The average molecular weight is 381 g/mol. The summed E-state index contributed by atoms with van der Waals surface area (Å²) in [5.74, 6) is 0.639. The largest absolute Gasteiger partial charge is 0.443 e. The molecular weight excluding hydrogens is 362 g/mol. The third kappa shape index (κ3) is 4.00. The summed E-state index contributed by atoms with van der Waals surface area (Å²) in [6, 6.07) is 3.34. The molecule has 3 heterocycles. The molecule has 1 fully saturated rings. The van der Waals surface area contributed by atoms with Gasteiger partial charge >= 0.3 is 0 Å². The first-order chi connectivity index (χ1) is 12.0. The normalized spacial score (nSPS) is 16.6. The lowest BCUT2D eigenvalue weighted by Crippen LogP contribution is -2.41. The number of nitrogens with zero attached hydrogens (tertiary/aromatic N) is 2. The van der Waals surface area contributed by atoms with Crippen LogP contribution in [0.4, 0.5) is 0 Å². The van der Waals surface area contributed by atoms with Crippen molar-refractivity contribution in [2.24, 2.45) is 5.92 Å². The van der Waals surface area contributed by atoms with Gasteiger partial charge in [0.15, 0.2) is 12.2 Å². The van der Waals surface area contributed by atoms with E-state index in [4.69, 9.17) is 4.42 Å². The lowest BCUT2D eigenvalue weighted by Gasteiger charge is -2.30. The predicted octanol–water partition coefficient (Wildman–Crippen LogP) is 2.11. The molecule has 0 aliphatic carbocycles. The van der Waals surface area contributed by atoms with Crippen LogP contribution in [0.15, 0.2) is 46.0 Å². The highest BCUT2D eigenvalue weighted by Crippen LogP contribution is 2.33. The van der Waals surface area contributed by atoms with Crippen molar-refractivity contribution in [1.82, 2.24) is 14.6 Å². The number of oxazole rings is 1. The number of amides is 1. The van der Waals surface area contributed by atoms with Crippen molar-refractivity contribution in [3.8, 4) is 10.6 Å². The highest BCUT2D eigenvalue weighted by Gasteiger charge is 2.30. The maximum atomic E-state index is 12.8. The predicted molar refractivity (Wildman–Crippen MR) is 94.5 cm³/mol. The van der Waals surface area contributed by atoms with Gasteiger partial charge in [0.25, 0.3) is 10.0 Å². The molecule has 3 rings (SSSR count). The Morgan fingerprint density at radius 1 is 1.44 bits per heavy atom. The molecule has 2 aromatic heterocycles. The smallest absolute Gasteiger partial charge is 0.252 e. The summed E-state index contributed by atoms with van der Waals surface area (Å²) >= 11 is 1.18. The number of rotatable bonds is 6. The summed E-state index contributed by atoms with van der Waals surface area (Å²) in [5.41, 5.74) is 0. The maximum absolute atomic E-state index is 12.8. The maximum Gasteiger partial charge on any atom is 0.252 e. The number of hydrogen-bond donors (Lipinski definition) is 1. The standard InChI is InChI=1S/C16H19N3O4S2/c1-2-15(20)18-9-12-5-7-19(8-6-12)25(21,22)16-4-3-14(24-16)13-10-17-11-23-13/h2-4,10-12H,1,5-9H2,(H,18,20). The van der Waals surface area contributed by atoms with E-state index in [0.717, 1.165) is 17.7 Å². The van der Waals surface area contributed by atoms with Crippen molar-refractivity contribution in [3.63, 3.8) is 0 Å². The first-order valence-electron chi connectivity index (χ1n) is 7.90. The lowest BCUT2D eigenvalue weighted by molar-refractivity contribution is -0.116. The quantitative estimate of drug-likeness (QED) is 0.774. The molecule has 2 aromatic rings. The summed E-state index contributed by atoms with van der Waals surface area (Å²) in [6.45, 7) is 4.86. The van der Waals surface area contributed by atoms with Gasteiger partial charge in [0.05, 0.1) is 11.1 Å². The topological polar surface area (TPSA) is 92.5 Å². The number of sulfonamides is 1. The number of thiophene rings is 1. The zero-order valence-electron chi connectivity index (χ0n) is 13.6. The first kappa shape index (κ1) is 17.8. The monoisotopic (exact) mass is 381 g/mol. The number of piperidine rings is 1. The van der Waals surface area contributed by atoms with Gasteiger partial charge in [0.2, 0.25) is 5.91 Å². The molecule has 1 aliphatic heterocycles. The summed E-state index contributed by atoms with van der Waals surface area (Å²) < 4.78 is 32.6. The van der Waals surface area contributed by atoms with Gasteiger partial charge in [-0.25, -0.2) is 13.4 Å². The van der Waals surface area contributed by atoms with Crippen LogP contribution in [0.3, 0.4) is 0 Å². The van der Waals surface area contributed by atoms with Crippen LogP contribution < -0.4 is 5.32 Å². The van der Waals surface area contributed by atoms with E-state index >= 15 is 0 Å². The third-order valence-electron chi connectivity index (χ3n) is 4.17. The van der Waals surface area contributed by atoms with E-state index in [1.807, 2.05) is 0 Å². The minimum atomic E-state index is -3.51. The first-order valence-corrected chi connectivity index (χ1v) is 10.2. The average Bonchev–Trinajstić information content (AvgIpc) is 3.31. The van der Waals surface area contributed by atoms with Crippen molar-refractivity contribution < 1.29 is 17.6 Å². The minimum absolute atomic E-state index is 0.200. The summed E-state index contributed by atoms with van der Waals surface area (Å²) in [5, 5.41) is 2.77. The molecule has 0 radical (unpaired) electrons. The Hall–Kier alpha value is -1.97.